The van der Waals surface area contributed by atoms with E-state index in [1.807, 2.05) is 0 Å². The summed E-state index contributed by atoms with van der Waals surface area (Å²) in [5, 5.41) is 3.63. The van der Waals surface area contributed by atoms with Gasteiger partial charge in [0, 0.05) is 32.2 Å². The number of hydrogen-bond acceptors (Lipinski definition) is 2. The maximum Gasteiger partial charge on any atom is 0.0198 e. The molecule has 1 saturated heterocycles. The van der Waals surface area contributed by atoms with Crippen molar-refractivity contribution >= 4 is 0 Å². The average molecular weight is 212 g/mol. The van der Waals surface area contributed by atoms with E-state index in [4.69, 9.17) is 0 Å². The number of piperazine rings is 1. The van der Waals surface area contributed by atoms with Gasteiger partial charge >= 0.3 is 0 Å². The van der Waals surface area contributed by atoms with Gasteiger partial charge in [0.15, 0.2) is 0 Å². The smallest absolute Gasteiger partial charge is 0.0198 e. The molecular weight excluding hydrogens is 184 g/mol. The fourth-order valence-electron chi connectivity index (χ4n) is 2.36. The molecule has 2 heteroatoms. The summed E-state index contributed by atoms with van der Waals surface area (Å²) in [6.45, 7) is 14.2. The van der Waals surface area contributed by atoms with Crippen molar-refractivity contribution in [3.8, 4) is 0 Å². The standard InChI is InChI=1S/C13H28N2/c1-5-12(4)9-15-7-6-14-13(10-15)8-11(2)3/h11-14H,5-10H2,1-4H3. The third-order valence-electron chi connectivity index (χ3n) is 3.36. The predicted octanol–water partition coefficient (Wildman–Crippen LogP) is 2.35. The maximum atomic E-state index is 3.63. The summed E-state index contributed by atoms with van der Waals surface area (Å²) in [5.74, 6) is 1.66. The summed E-state index contributed by atoms with van der Waals surface area (Å²) in [4.78, 5) is 2.64. The van der Waals surface area contributed by atoms with Crippen molar-refractivity contribution in [2.45, 2.75) is 46.6 Å². The van der Waals surface area contributed by atoms with E-state index in [0.29, 0.717) is 0 Å². The van der Waals surface area contributed by atoms with E-state index < -0.39 is 0 Å². The van der Waals surface area contributed by atoms with Crippen LogP contribution in [0.5, 0.6) is 0 Å². The van der Waals surface area contributed by atoms with Crippen molar-refractivity contribution in [2.24, 2.45) is 11.8 Å². The summed E-state index contributed by atoms with van der Waals surface area (Å²) in [7, 11) is 0. The normalized spacial score (nSPS) is 25.8. The molecule has 1 heterocycles. The van der Waals surface area contributed by atoms with Gasteiger partial charge in [-0.15, -0.1) is 0 Å². The predicted molar refractivity (Wildman–Crippen MR) is 67.1 cm³/mol. The van der Waals surface area contributed by atoms with Crippen molar-refractivity contribution in [1.29, 1.82) is 0 Å². The van der Waals surface area contributed by atoms with Crippen LogP contribution in [0.1, 0.15) is 40.5 Å². The van der Waals surface area contributed by atoms with E-state index in [2.05, 4.69) is 37.9 Å². The Labute approximate surface area is 95.4 Å². The molecule has 90 valence electrons. The zero-order valence-electron chi connectivity index (χ0n) is 10.9. The molecule has 0 radical (unpaired) electrons. The van der Waals surface area contributed by atoms with Crippen LogP contribution in [-0.4, -0.2) is 37.1 Å². The first-order valence-corrected chi connectivity index (χ1v) is 6.57. The highest BCUT2D eigenvalue weighted by molar-refractivity contribution is 4.79. The van der Waals surface area contributed by atoms with Crippen molar-refractivity contribution in [1.82, 2.24) is 10.2 Å². The first kappa shape index (κ1) is 13.0. The van der Waals surface area contributed by atoms with Crippen LogP contribution in [0.25, 0.3) is 0 Å². The number of nitrogens with one attached hydrogen (secondary N) is 1. The Balaban J connectivity index is 2.28. The van der Waals surface area contributed by atoms with E-state index in [0.717, 1.165) is 17.9 Å². The lowest BCUT2D eigenvalue weighted by atomic mass is 10.0. The lowest BCUT2D eigenvalue weighted by Crippen LogP contribution is -2.51. The molecule has 1 rings (SSSR count). The van der Waals surface area contributed by atoms with Crippen LogP contribution >= 0.6 is 0 Å². The van der Waals surface area contributed by atoms with Crippen molar-refractivity contribution in [3.05, 3.63) is 0 Å². The van der Waals surface area contributed by atoms with Crippen LogP contribution in [0.4, 0.5) is 0 Å². The number of hydrogen-bond donors (Lipinski definition) is 1. The van der Waals surface area contributed by atoms with Crippen molar-refractivity contribution in [3.63, 3.8) is 0 Å². The molecule has 0 aliphatic carbocycles. The van der Waals surface area contributed by atoms with Crippen LogP contribution < -0.4 is 5.32 Å². The van der Waals surface area contributed by atoms with E-state index >= 15 is 0 Å². The SMILES string of the molecule is CCC(C)CN1CCNC(CC(C)C)C1. The Morgan fingerprint density at radius 3 is 2.67 bits per heavy atom. The molecule has 2 unspecified atom stereocenters. The monoisotopic (exact) mass is 212 g/mol. The minimum atomic E-state index is 0.725. The molecule has 0 bridgehead atoms. The van der Waals surface area contributed by atoms with Gasteiger partial charge in [0.2, 0.25) is 0 Å². The lowest BCUT2D eigenvalue weighted by molar-refractivity contribution is 0.165. The fraction of sp³-hybridized carbons (Fsp3) is 1.00. The molecule has 0 aromatic heterocycles. The van der Waals surface area contributed by atoms with Crippen LogP contribution in [0.15, 0.2) is 0 Å². The zero-order chi connectivity index (χ0) is 11.3. The number of rotatable bonds is 5. The summed E-state index contributed by atoms with van der Waals surface area (Å²) >= 11 is 0. The summed E-state index contributed by atoms with van der Waals surface area (Å²) in [6, 6.07) is 0.725. The van der Waals surface area contributed by atoms with Gasteiger partial charge < -0.3 is 10.2 Å². The Morgan fingerprint density at radius 1 is 1.33 bits per heavy atom. The highest BCUT2D eigenvalue weighted by atomic mass is 15.2. The van der Waals surface area contributed by atoms with Crippen LogP contribution in [0.3, 0.4) is 0 Å². The molecule has 2 nitrogen and oxygen atoms in total. The Hall–Kier alpha value is -0.0800. The second-order valence-corrected chi connectivity index (χ2v) is 5.55. The molecular formula is C13H28N2. The quantitative estimate of drug-likeness (QED) is 0.752. The van der Waals surface area contributed by atoms with E-state index in [1.165, 1.54) is 39.0 Å². The molecule has 0 saturated carbocycles. The molecule has 0 amide bonds. The number of nitrogens with zero attached hydrogens (tertiary/aromatic N) is 1. The van der Waals surface area contributed by atoms with E-state index in [9.17, 15) is 0 Å². The maximum absolute atomic E-state index is 3.63. The third-order valence-corrected chi connectivity index (χ3v) is 3.36. The molecule has 2 atom stereocenters. The Kier molecular flexibility index (Phi) is 5.62. The van der Waals surface area contributed by atoms with Crippen LogP contribution in [0, 0.1) is 11.8 Å². The molecule has 1 aliphatic rings. The van der Waals surface area contributed by atoms with Crippen molar-refractivity contribution in [2.75, 3.05) is 26.2 Å². The molecule has 0 spiro atoms. The third kappa shape index (κ3) is 4.98. The molecule has 0 aromatic carbocycles. The average Bonchev–Trinajstić information content (AvgIpc) is 2.17. The largest absolute Gasteiger partial charge is 0.311 e. The van der Waals surface area contributed by atoms with Gasteiger partial charge in [0.05, 0.1) is 0 Å². The zero-order valence-corrected chi connectivity index (χ0v) is 10.9. The van der Waals surface area contributed by atoms with Gasteiger partial charge in [-0.1, -0.05) is 34.1 Å². The van der Waals surface area contributed by atoms with Gasteiger partial charge in [-0.3, -0.25) is 0 Å². The van der Waals surface area contributed by atoms with Crippen molar-refractivity contribution < 1.29 is 0 Å². The van der Waals surface area contributed by atoms with E-state index in [-0.39, 0.29) is 0 Å². The molecule has 0 aromatic rings. The minimum absolute atomic E-state index is 0.725. The fourth-order valence-corrected chi connectivity index (χ4v) is 2.36. The minimum Gasteiger partial charge on any atom is -0.311 e. The second kappa shape index (κ2) is 6.49. The summed E-state index contributed by atoms with van der Waals surface area (Å²) in [5.41, 5.74) is 0. The Bertz CT molecular complexity index is 168. The highest BCUT2D eigenvalue weighted by Gasteiger charge is 2.20. The van der Waals surface area contributed by atoms with Gasteiger partial charge in [-0.05, 0) is 18.3 Å². The van der Waals surface area contributed by atoms with Gasteiger partial charge in [-0.25, -0.2) is 0 Å². The van der Waals surface area contributed by atoms with Crippen LogP contribution in [0.2, 0.25) is 0 Å². The second-order valence-electron chi connectivity index (χ2n) is 5.55. The van der Waals surface area contributed by atoms with E-state index in [1.54, 1.807) is 0 Å². The molecule has 1 aliphatic heterocycles. The first-order valence-electron chi connectivity index (χ1n) is 6.57. The molecule has 15 heavy (non-hydrogen) atoms. The lowest BCUT2D eigenvalue weighted by Gasteiger charge is -2.35. The highest BCUT2D eigenvalue weighted by Crippen LogP contribution is 2.11. The van der Waals surface area contributed by atoms with Gasteiger partial charge in [0.25, 0.3) is 0 Å². The van der Waals surface area contributed by atoms with Gasteiger partial charge in [-0.2, -0.15) is 0 Å². The first-order chi connectivity index (χ1) is 7.11. The summed E-state index contributed by atoms with van der Waals surface area (Å²) in [6.07, 6.45) is 2.62. The molecule has 1 fully saturated rings. The summed E-state index contributed by atoms with van der Waals surface area (Å²) < 4.78 is 0. The molecule has 1 N–H and O–H groups in total. The topological polar surface area (TPSA) is 15.3 Å². The van der Waals surface area contributed by atoms with Gasteiger partial charge in [0.1, 0.15) is 0 Å². The van der Waals surface area contributed by atoms with Crippen LogP contribution in [-0.2, 0) is 0 Å². The Morgan fingerprint density at radius 2 is 2.07 bits per heavy atom.